The quantitative estimate of drug-likeness (QED) is 0.0546. The second kappa shape index (κ2) is 21.3. The third-order valence-electron chi connectivity index (χ3n) is 9.93. The van der Waals surface area contributed by atoms with Gasteiger partial charge in [0.15, 0.2) is 0 Å². The number of carbonyl (C=O) groups excluding carboxylic acids is 3. The number of hydrogen-bond donors (Lipinski definition) is 0. The van der Waals surface area contributed by atoms with Crippen LogP contribution in [0.5, 0.6) is 17.2 Å². The molecule has 6 heterocycles. The Morgan fingerprint density at radius 1 is 0.612 bits per heavy atom. The van der Waals surface area contributed by atoms with E-state index < -0.39 is 11.9 Å². The van der Waals surface area contributed by atoms with Crippen LogP contribution in [0.25, 0.3) is 67.1 Å². The zero-order valence-electron chi connectivity index (χ0n) is 36.5. The van der Waals surface area contributed by atoms with Crippen molar-refractivity contribution >= 4 is 58.6 Å². The number of halogens is 3. The summed E-state index contributed by atoms with van der Waals surface area (Å²) in [6, 6.07) is 26.6. The van der Waals surface area contributed by atoms with Crippen LogP contribution in [0.2, 0.25) is 0 Å². The van der Waals surface area contributed by atoms with Crippen LogP contribution in [-0.4, -0.2) is 54.2 Å². The molecule has 0 radical (unpaired) electrons. The molecule has 0 aliphatic rings. The molecule has 0 aliphatic heterocycles. The van der Waals surface area contributed by atoms with E-state index in [0.717, 1.165) is 33.6 Å². The summed E-state index contributed by atoms with van der Waals surface area (Å²) in [6.07, 6.45) is -0.0678. The smallest absolute Gasteiger partial charge is 0.753 e. The van der Waals surface area contributed by atoms with Crippen LogP contribution in [0.15, 0.2) is 110 Å². The SMILES string of the molecule is CC(C)(C)c1ccc2c(c1)c1cc(C(C)(C)C)ccc1n2-c1ccnc(-c2cc(C(F)(F)F)n[n-]2)c1.O=COc1ccnc(-c2cc(OC=O)cc(-c3cc(OC=O)ccn3)n2)c1.[N-]=C=S.[Ru+2]. The largest absolute Gasteiger partial charge is 2.00 e. The maximum atomic E-state index is 13.1. The number of nitrogens with zero attached hydrogens (tertiary/aromatic N) is 8. The van der Waals surface area contributed by atoms with E-state index in [1.807, 2.05) is 6.07 Å². The van der Waals surface area contributed by atoms with Crippen LogP contribution in [-0.2, 0) is 50.9 Å². The van der Waals surface area contributed by atoms with Gasteiger partial charge < -0.3 is 34.4 Å². The van der Waals surface area contributed by atoms with E-state index in [1.165, 1.54) is 65.1 Å². The monoisotopic (exact) mass is 1010 g/mol. The minimum absolute atomic E-state index is 0. The topological polar surface area (TPSA) is 185 Å². The average molecular weight is 1010 g/mol. The van der Waals surface area contributed by atoms with Crippen molar-refractivity contribution in [3.8, 4) is 57.1 Å². The number of isothiocyanates is 1. The molecule has 6 aromatic heterocycles. The maximum Gasteiger partial charge on any atom is 2.00 e. The summed E-state index contributed by atoms with van der Waals surface area (Å²) in [4.78, 5) is 48.9. The van der Waals surface area contributed by atoms with E-state index in [4.69, 9.17) is 19.6 Å². The Balaban J connectivity index is 0.000000242. The number of benzene rings is 2. The van der Waals surface area contributed by atoms with Crippen LogP contribution in [0, 0.1) is 0 Å². The fourth-order valence-corrected chi connectivity index (χ4v) is 6.74. The predicted octanol–water partition coefficient (Wildman–Crippen LogP) is 10.3. The molecule has 0 unspecified atom stereocenters. The molecule has 0 atom stereocenters. The third kappa shape index (κ3) is 12.1. The van der Waals surface area contributed by atoms with Crippen LogP contribution in [0.3, 0.4) is 0 Å². The molecule has 67 heavy (non-hydrogen) atoms. The van der Waals surface area contributed by atoms with E-state index in [9.17, 15) is 27.6 Å². The van der Waals surface area contributed by atoms with Gasteiger partial charge in [-0.3, -0.25) is 29.3 Å². The van der Waals surface area contributed by atoms with Gasteiger partial charge in [0.2, 0.25) is 0 Å². The van der Waals surface area contributed by atoms with E-state index >= 15 is 0 Å². The Morgan fingerprint density at radius 3 is 1.48 bits per heavy atom. The number of ether oxygens (including phenoxy) is 3. The van der Waals surface area contributed by atoms with Crippen LogP contribution >= 0.6 is 12.2 Å². The second-order valence-electron chi connectivity index (χ2n) is 16.4. The van der Waals surface area contributed by atoms with Gasteiger partial charge in [-0.2, -0.15) is 18.3 Å². The molecule has 0 bridgehead atoms. The van der Waals surface area contributed by atoms with Gasteiger partial charge in [-0.25, -0.2) is 4.98 Å². The molecule has 8 aromatic rings. The predicted molar refractivity (Wildman–Crippen MR) is 244 cm³/mol. The molecule has 2 aromatic carbocycles. The minimum atomic E-state index is -4.55. The van der Waals surface area contributed by atoms with Crippen LogP contribution in [0.1, 0.15) is 58.4 Å². The number of fused-ring (bicyclic) bond motifs is 3. The molecule has 0 N–H and O–H groups in total. The van der Waals surface area contributed by atoms with E-state index in [0.29, 0.717) is 41.4 Å². The number of aromatic nitrogens is 7. The number of hydrogen-bond acceptors (Lipinski definition) is 12. The molecule has 0 saturated carbocycles. The van der Waals surface area contributed by atoms with Crippen molar-refractivity contribution in [1.82, 2.24) is 34.7 Å². The molecule has 0 fully saturated rings. The van der Waals surface area contributed by atoms with Gasteiger partial charge in [0.05, 0.1) is 39.5 Å². The molecule has 8 rings (SSSR count). The van der Waals surface area contributed by atoms with Crippen molar-refractivity contribution in [2.45, 2.75) is 58.5 Å². The van der Waals surface area contributed by atoms with Crippen LogP contribution < -0.4 is 19.3 Å². The Labute approximate surface area is 400 Å². The Kier molecular flexibility index (Phi) is 16.1. The maximum absolute atomic E-state index is 13.1. The number of rotatable bonds is 10. The number of thiocarbonyl (C=S) groups is 1. The van der Waals surface area contributed by atoms with Gasteiger partial charge >= 0.3 is 25.7 Å². The normalized spacial score (nSPS) is 11.2. The first-order chi connectivity index (χ1) is 31.4. The van der Waals surface area contributed by atoms with Crippen molar-refractivity contribution in [3.63, 3.8) is 0 Å². The molecule has 342 valence electrons. The third-order valence-corrected chi connectivity index (χ3v) is 9.93. The summed E-state index contributed by atoms with van der Waals surface area (Å²) in [7, 11) is 0. The fraction of sp³-hybridized carbons (Fsp3) is 0.188. The summed E-state index contributed by atoms with van der Waals surface area (Å²) in [6.45, 7) is 14.0. The van der Waals surface area contributed by atoms with Crippen molar-refractivity contribution in [2.75, 3.05) is 0 Å². The standard InChI is InChI=1S/C29H28F3N4.C18H11N3O6.CNS.Ru/c1-27(2,3)17-7-9-24-20(13-17)21-14-18(28(4,5)6)8-10-25(21)36(24)19-11-12-33-22(15-19)23-16-26(35-34-23)29(30,31)32;22-9-25-12-1-3-19-15(5-12)17-7-14(27-11-24)8-18(21-17)16-6-13(26-10-23)2-4-20-16;2-1-3;/h7-16H,1-6H3;1-11H;;/q-1;;-1;+2. The second-order valence-corrected chi connectivity index (χ2v) is 16.6. The molecule has 0 saturated heterocycles. The fourth-order valence-electron chi connectivity index (χ4n) is 6.74. The summed E-state index contributed by atoms with van der Waals surface area (Å²) in [5, 5.41) is 17.8. The molecule has 0 spiro atoms. The first-order valence-corrected chi connectivity index (χ1v) is 20.2. The minimum Gasteiger partial charge on any atom is -0.753 e. The van der Waals surface area contributed by atoms with Gasteiger partial charge in [-0.15, -0.1) is 0 Å². The van der Waals surface area contributed by atoms with Gasteiger partial charge in [0, 0.05) is 59.3 Å². The number of pyridine rings is 4. The number of carbonyl (C=O) groups is 3. The van der Waals surface area contributed by atoms with Crippen molar-refractivity contribution in [2.24, 2.45) is 0 Å². The van der Waals surface area contributed by atoms with Gasteiger partial charge in [-0.1, -0.05) is 71.6 Å². The Hall–Kier alpha value is -7.33. The first kappa shape index (κ1) is 50.7. The first-order valence-electron chi connectivity index (χ1n) is 19.8. The van der Waals surface area contributed by atoms with Gasteiger partial charge in [0.1, 0.15) is 22.9 Å². The Morgan fingerprint density at radius 2 is 1.04 bits per heavy atom. The van der Waals surface area contributed by atoms with Gasteiger partial charge in [-0.05, 0) is 76.6 Å². The molecule has 19 heteroatoms. The van der Waals surface area contributed by atoms with Gasteiger partial charge in [0.25, 0.3) is 19.4 Å². The van der Waals surface area contributed by atoms with Crippen molar-refractivity contribution in [3.05, 3.63) is 132 Å². The summed E-state index contributed by atoms with van der Waals surface area (Å²) >= 11 is 3.70. The molecule has 0 aliphatic carbocycles. The zero-order valence-corrected chi connectivity index (χ0v) is 39.1. The molecule has 0 amide bonds. The molecular weight excluding hydrogens is 975 g/mol. The van der Waals surface area contributed by atoms with Crippen LogP contribution in [0.4, 0.5) is 13.2 Å². The van der Waals surface area contributed by atoms with E-state index in [-0.39, 0.29) is 59.7 Å². The van der Waals surface area contributed by atoms with Crippen molar-refractivity contribution in [1.29, 1.82) is 0 Å². The summed E-state index contributed by atoms with van der Waals surface area (Å²) in [5.41, 5.74) is 6.15. The number of alkyl halides is 3. The summed E-state index contributed by atoms with van der Waals surface area (Å²) in [5.74, 6) is 0.760. The van der Waals surface area contributed by atoms with Crippen molar-refractivity contribution < 1.29 is 61.2 Å². The zero-order chi connectivity index (χ0) is 47.8. The van der Waals surface area contributed by atoms with E-state index in [1.54, 1.807) is 12.3 Å². The summed E-state index contributed by atoms with van der Waals surface area (Å²) < 4.78 is 55.9. The van der Waals surface area contributed by atoms with E-state index in [2.05, 4.69) is 125 Å². The molecular formula is C48H39F3N8O6RuS. The average Bonchev–Trinajstić information content (AvgIpc) is 3.91. The Bertz CT molecular complexity index is 2960. The molecule has 14 nitrogen and oxygen atoms in total.